The van der Waals surface area contributed by atoms with Crippen LogP contribution < -0.4 is 5.32 Å². The van der Waals surface area contributed by atoms with Crippen LogP contribution in [0.2, 0.25) is 0 Å². The van der Waals surface area contributed by atoms with Crippen molar-refractivity contribution in [2.45, 2.75) is 26.4 Å². The molecule has 1 aromatic heterocycles. The molecule has 0 aliphatic rings. The molecular formula is C9H18N4S. The number of aromatic nitrogens is 3. The van der Waals surface area contributed by atoms with Crippen LogP contribution in [0.15, 0.2) is 6.20 Å². The summed E-state index contributed by atoms with van der Waals surface area (Å²) in [6.45, 7) is 3.96. The highest BCUT2D eigenvalue weighted by molar-refractivity contribution is 7.99. The molecule has 80 valence electrons. The van der Waals surface area contributed by atoms with Crippen molar-refractivity contribution in [1.29, 1.82) is 0 Å². The summed E-state index contributed by atoms with van der Waals surface area (Å²) in [5, 5.41) is 11.2. The van der Waals surface area contributed by atoms with E-state index in [1.54, 1.807) is 0 Å². The summed E-state index contributed by atoms with van der Waals surface area (Å²) in [4.78, 5) is 0. The maximum atomic E-state index is 4.05. The molecule has 0 amide bonds. The monoisotopic (exact) mass is 214 g/mol. The highest BCUT2D eigenvalue weighted by atomic mass is 32.2. The molecule has 1 aromatic rings. The van der Waals surface area contributed by atoms with E-state index in [9.17, 15) is 0 Å². The number of rotatable bonds is 7. The molecule has 1 heterocycles. The van der Waals surface area contributed by atoms with E-state index in [1.807, 2.05) is 29.7 Å². The van der Waals surface area contributed by atoms with Crippen LogP contribution in [0.3, 0.4) is 0 Å². The first-order valence-electron chi connectivity index (χ1n) is 4.98. The van der Waals surface area contributed by atoms with E-state index < -0.39 is 0 Å². The molecule has 1 rings (SSSR count). The second kappa shape index (κ2) is 6.84. The Labute approximate surface area is 89.5 Å². The number of hydrogen-bond acceptors (Lipinski definition) is 4. The van der Waals surface area contributed by atoms with E-state index in [-0.39, 0.29) is 0 Å². The lowest BCUT2D eigenvalue weighted by Gasteiger charge is -1.98. The van der Waals surface area contributed by atoms with Gasteiger partial charge in [-0.2, -0.15) is 11.8 Å². The van der Waals surface area contributed by atoms with E-state index >= 15 is 0 Å². The Morgan fingerprint density at radius 3 is 3.14 bits per heavy atom. The molecule has 1 N–H and O–H groups in total. The maximum absolute atomic E-state index is 4.05. The number of nitrogens with zero attached hydrogens (tertiary/aromatic N) is 3. The summed E-state index contributed by atoms with van der Waals surface area (Å²) in [6, 6.07) is 0. The van der Waals surface area contributed by atoms with E-state index in [1.165, 1.54) is 17.9 Å². The van der Waals surface area contributed by atoms with Gasteiger partial charge in [0.1, 0.15) is 0 Å². The molecule has 0 unspecified atom stereocenters. The van der Waals surface area contributed by atoms with Gasteiger partial charge in [-0.3, -0.25) is 4.68 Å². The van der Waals surface area contributed by atoms with Crippen molar-refractivity contribution < 1.29 is 0 Å². The van der Waals surface area contributed by atoms with Crippen molar-refractivity contribution in [1.82, 2.24) is 20.3 Å². The van der Waals surface area contributed by atoms with Crippen molar-refractivity contribution in [3.8, 4) is 0 Å². The second-order valence-corrected chi connectivity index (χ2v) is 4.45. The minimum Gasteiger partial charge on any atom is -0.314 e. The summed E-state index contributed by atoms with van der Waals surface area (Å²) in [5.41, 5.74) is 1.01. The molecule has 0 aliphatic heterocycles. The van der Waals surface area contributed by atoms with Gasteiger partial charge in [0.25, 0.3) is 0 Å². The third-order valence-electron chi connectivity index (χ3n) is 1.82. The standard InChI is InChI=1S/C9H18N4S/c1-3-14-6-4-5-13-8-9(7-10-2)11-12-13/h8,10H,3-7H2,1-2H3. The second-order valence-electron chi connectivity index (χ2n) is 3.05. The van der Waals surface area contributed by atoms with Crippen LogP contribution in [-0.4, -0.2) is 33.5 Å². The topological polar surface area (TPSA) is 42.7 Å². The van der Waals surface area contributed by atoms with Gasteiger partial charge >= 0.3 is 0 Å². The Morgan fingerprint density at radius 1 is 1.57 bits per heavy atom. The quantitative estimate of drug-likeness (QED) is 0.691. The Kier molecular flexibility index (Phi) is 5.63. The fraction of sp³-hybridized carbons (Fsp3) is 0.778. The highest BCUT2D eigenvalue weighted by Gasteiger charge is 1.98. The molecule has 5 heteroatoms. The fourth-order valence-electron chi connectivity index (χ4n) is 1.18. The van der Waals surface area contributed by atoms with Crippen molar-refractivity contribution in [3.05, 3.63) is 11.9 Å². The van der Waals surface area contributed by atoms with Gasteiger partial charge in [0.2, 0.25) is 0 Å². The lowest BCUT2D eigenvalue weighted by Crippen LogP contribution is -2.05. The first-order valence-corrected chi connectivity index (χ1v) is 6.13. The van der Waals surface area contributed by atoms with Crippen molar-refractivity contribution in [3.63, 3.8) is 0 Å². The van der Waals surface area contributed by atoms with Crippen LogP contribution in [0.1, 0.15) is 19.0 Å². The van der Waals surface area contributed by atoms with Crippen LogP contribution >= 0.6 is 11.8 Å². The summed E-state index contributed by atoms with van der Waals surface area (Å²) < 4.78 is 1.92. The molecule has 0 saturated carbocycles. The SMILES string of the molecule is CCSCCCn1cc(CNC)nn1. The number of hydrogen-bond donors (Lipinski definition) is 1. The number of thioether (sulfide) groups is 1. The lowest BCUT2D eigenvalue weighted by atomic mass is 10.4. The average Bonchev–Trinajstić information content (AvgIpc) is 2.61. The summed E-state index contributed by atoms with van der Waals surface area (Å²) >= 11 is 1.97. The molecule has 0 atom stereocenters. The summed E-state index contributed by atoms with van der Waals surface area (Å²) in [6.07, 6.45) is 3.17. The van der Waals surface area contributed by atoms with Gasteiger partial charge in [-0.25, -0.2) is 0 Å². The first-order chi connectivity index (χ1) is 6.86. The van der Waals surface area contributed by atoms with Gasteiger partial charge in [0.05, 0.1) is 5.69 Å². The van der Waals surface area contributed by atoms with E-state index in [0.29, 0.717) is 0 Å². The Bertz CT molecular complexity index is 249. The first kappa shape index (κ1) is 11.5. The molecule has 4 nitrogen and oxygen atoms in total. The normalized spacial score (nSPS) is 10.7. The van der Waals surface area contributed by atoms with Gasteiger partial charge in [0, 0.05) is 19.3 Å². The molecule has 0 bridgehead atoms. The fourth-order valence-corrected chi connectivity index (χ4v) is 1.80. The minimum absolute atomic E-state index is 0.795. The highest BCUT2D eigenvalue weighted by Crippen LogP contribution is 2.02. The minimum atomic E-state index is 0.795. The summed E-state index contributed by atoms with van der Waals surface area (Å²) in [7, 11) is 1.91. The van der Waals surface area contributed by atoms with Gasteiger partial charge in [-0.1, -0.05) is 12.1 Å². The largest absolute Gasteiger partial charge is 0.314 e. The smallest absolute Gasteiger partial charge is 0.0964 e. The van der Waals surface area contributed by atoms with Crippen LogP contribution in [0.4, 0.5) is 0 Å². The lowest BCUT2D eigenvalue weighted by molar-refractivity contribution is 0.581. The predicted octanol–water partition coefficient (Wildman–Crippen LogP) is 1.14. The molecule has 14 heavy (non-hydrogen) atoms. The number of nitrogens with one attached hydrogen (secondary N) is 1. The zero-order valence-electron chi connectivity index (χ0n) is 8.86. The van der Waals surface area contributed by atoms with Gasteiger partial charge in [-0.15, -0.1) is 5.10 Å². The third kappa shape index (κ3) is 4.11. The predicted molar refractivity (Wildman–Crippen MR) is 60.4 cm³/mol. The number of aryl methyl sites for hydroxylation is 1. The van der Waals surface area contributed by atoms with Gasteiger partial charge < -0.3 is 5.32 Å². The van der Waals surface area contributed by atoms with Crippen LogP contribution in [-0.2, 0) is 13.1 Å². The maximum Gasteiger partial charge on any atom is 0.0964 e. The van der Waals surface area contributed by atoms with Crippen molar-refractivity contribution >= 4 is 11.8 Å². The summed E-state index contributed by atoms with van der Waals surface area (Å²) in [5.74, 6) is 2.40. The Hall–Kier alpha value is -0.550. The van der Waals surface area contributed by atoms with Crippen molar-refractivity contribution in [2.24, 2.45) is 0 Å². The van der Waals surface area contributed by atoms with Crippen LogP contribution in [0.25, 0.3) is 0 Å². The van der Waals surface area contributed by atoms with Crippen LogP contribution in [0, 0.1) is 0 Å². The zero-order valence-corrected chi connectivity index (χ0v) is 9.68. The zero-order chi connectivity index (χ0) is 10.2. The van der Waals surface area contributed by atoms with Crippen LogP contribution in [0.5, 0.6) is 0 Å². The molecule has 0 fully saturated rings. The van der Waals surface area contributed by atoms with Crippen molar-refractivity contribution in [2.75, 3.05) is 18.6 Å². The van der Waals surface area contributed by atoms with Gasteiger partial charge in [0.15, 0.2) is 0 Å². The third-order valence-corrected chi connectivity index (χ3v) is 2.81. The van der Waals surface area contributed by atoms with E-state index in [4.69, 9.17) is 0 Å². The Morgan fingerprint density at radius 2 is 2.43 bits per heavy atom. The molecule has 0 spiro atoms. The molecule has 0 aliphatic carbocycles. The van der Waals surface area contributed by atoms with E-state index in [2.05, 4.69) is 22.6 Å². The molecule has 0 saturated heterocycles. The molecular weight excluding hydrogens is 196 g/mol. The Balaban J connectivity index is 2.22. The average molecular weight is 214 g/mol. The molecule has 0 aromatic carbocycles. The van der Waals surface area contributed by atoms with Gasteiger partial charge in [-0.05, 0) is 25.0 Å². The van der Waals surface area contributed by atoms with E-state index in [0.717, 1.165) is 18.8 Å². The molecule has 0 radical (unpaired) electrons.